The monoisotopic (exact) mass is 218 g/mol. The van der Waals surface area contributed by atoms with E-state index in [0.29, 0.717) is 17.4 Å². The van der Waals surface area contributed by atoms with Crippen molar-refractivity contribution in [1.82, 2.24) is 15.0 Å². The van der Waals surface area contributed by atoms with Crippen molar-refractivity contribution in [2.45, 2.75) is 18.8 Å². The summed E-state index contributed by atoms with van der Waals surface area (Å²) in [4.78, 5) is 0. The molecule has 1 fully saturated rings. The molecule has 0 unspecified atom stereocenters. The van der Waals surface area contributed by atoms with Crippen molar-refractivity contribution in [2.24, 2.45) is 0 Å². The van der Waals surface area contributed by atoms with Crippen LogP contribution in [0.5, 0.6) is 0 Å². The minimum absolute atomic E-state index is 0.311. The molecule has 0 aliphatic heterocycles. The third kappa shape index (κ3) is 1.36. The zero-order chi connectivity index (χ0) is 11.1. The lowest BCUT2D eigenvalue weighted by Crippen LogP contribution is -2.04. The van der Waals surface area contributed by atoms with Crippen LogP contribution in [0.25, 0.3) is 5.69 Å². The highest BCUT2D eigenvalue weighted by atomic mass is 19.1. The van der Waals surface area contributed by atoms with Crippen LogP contribution in [0.2, 0.25) is 0 Å². The first kappa shape index (κ1) is 9.33. The Bertz CT molecular complexity index is 531. The van der Waals surface area contributed by atoms with Crippen molar-refractivity contribution in [3.8, 4) is 5.69 Å². The maximum atomic E-state index is 13.6. The van der Waals surface area contributed by atoms with Crippen LogP contribution in [0.15, 0.2) is 24.3 Å². The lowest BCUT2D eigenvalue weighted by molar-refractivity contribution is 0.602. The van der Waals surface area contributed by atoms with E-state index < -0.39 is 0 Å². The number of hydrogen-bond donors (Lipinski definition) is 1. The zero-order valence-corrected chi connectivity index (χ0v) is 8.60. The number of nitrogen functional groups attached to an aromatic ring is 1. The number of nitrogens with zero attached hydrogens (tertiary/aromatic N) is 3. The maximum absolute atomic E-state index is 13.6. The molecule has 0 bridgehead atoms. The minimum atomic E-state index is -0.311. The van der Waals surface area contributed by atoms with Crippen LogP contribution in [0.4, 0.5) is 10.2 Å². The number of hydrogen-bond acceptors (Lipinski definition) is 3. The minimum Gasteiger partial charge on any atom is -0.381 e. The van der Waals surface area contributed by atoms with Gasteiger partial charge in [-0.3, -0.25) is 0 Å². The molecule has 1 aromatic carbocycles. The Balaban J connectivity index is 2.16. The molecule has 1 aliphatic carbocycles. The molecule has 82 valence electrons. The summed E-state index contributed by atoms with van der Waals surface area (Å²) in [5, 5.41) is 7.73. The number of aromatic nitrogens is 3. The molecule has 1 heterocycles. The standard InChI is InChI=1S/C11H11FN4/c12-8-3-1-2-4-9(8)16-10(7-5-6-7)11(13)14-15-16/h1-4,7H,5-6,13H2. The number of benzene rings is 1. The van der Waals surface area contributed by atoms with E-state index in [1.54, 1.807) is 18.2 Å². The summed E-state index contributed by atoms with van der Waals surface area (Å²) in [5.41, 5.74) is 7.00. The molecule has 1 aliphatic rings. The lowest BCUT2D eigenvalue weighted by atomic mass is 10.2. The quantitative estimate of drug-likeness (QED) is 0.837. The predicted octanol–water partition coefficient (Wildman–Crippen LogP) is 1.87. The van der Waals surface area contributed by atoms with Gasteiger partial charge < -0.3 is 5.73 Å². The van der Waals surface area contributed by atoms with Gasteiger partial charge in [-0.1, -0.05) is 17.3 Å². The normalized spacial score (nSPS) is 15.3. The second-order valence-corrected chi connectivity index (χ2v) is 4.00. The highest BCUT2D eigenvalue weighted by molar-refractivity contribution is 5.44. The Morgan fingerprint density at radius 3 is 2.75 bits per heavy atom. The van der Waals surface area contributed by atoms with E-state index in [-0.39, 0.29) is 5.82 Å². The van der Waals surface area contributed by atoms with Crippen molar-refractivity contribution in [1.29, 1.82) is 0 Å². The average molecular weight is 218 g/mol. The van der Waals surface area contributed by atoms with Gasteiger partial charge in [-0.05, 0) is 25.0 Å². The van der Waals surface area contributed by atoms with E-state index in [0.717, 1.165) is 18.5 Å². The van der Waals surface area contributed by atoms with Crippen LogP contribution < -0.4 is 5.73 Å². The topological polar surface area (TPSA) is 56.7 Å². The van der Waals surface area contributed by atoms with Crippen LogP contribution >= 0.6 is 0 Å². The van der Waals surface area contributed by atoms with Gasteiger partial charge in [-0.15, -0.1) is 5.10 Å². The van der Waals surface area contributed by atoms with Crippen LogP contribution in [0.3, 0.4) is 0 Å². The van der Waals surface area contributed by atoms with E-state index in [2.05, 4.69) is 10.3 Å². The summed E-state index contributed by atoms with van der Waals surface area (Å²) in [6.45, 7) is 0. The molecule has 2 aromatic rings. The largest absolute Gasteiger partial charge is 0.381 e. The summed E-state index contributed by atoms with van der Waals surface area (Å²) >= 11 is 0. The van der Waals surface area contributed by atoms with Gasteiger partial charge in [0.1, 0.15) is 11.5 Å². The van der Waals surface area contributed by atoms with Crippen LogP contribution in [-0.4, -0.2) is 15.0 Å². The fourth-order valence-electron chi connectivity index (χ4n) is 1.84. The first-order valence-corrected chi connectivity index (χ1v) is 5.23. The highest BCUT2D eigenvalue weighted by Gasteiger charge is 2.31. The summed E-state index contributed by atoms with van der Waals surface area (Å²) in [6.07, 6.45) is 2.15. The van der Waals surface area contributed by atoms with E-state index >= 15 is 0 Å². The molecule has 0 radical (unpaired) electrons. The van der Waals surface area contributed by atoms with E-state index in [9.17, 15) is 4.39 Å². The van der Waals surface area contributed by atoms with Crippen molar-refractivity contribution in [2.75, 3.05) is 5.73 Å². The van der Waals surface area contributed by atoms with Gasteiger partial charge in [-0.25, -0.2) is 9.07 Å². The van der Waals surface area contributed by atoms with Crippen LogP contribution in [-0.2, 0) is 0 Å². The lowest BCUT2D eigenvalue weighted by Gasteiger charge is -2.06. The van der Waals surface area contributed by atoms with Crippen molar-refractivity contribution in [3.63, 3.8) is 0 Å². The van der Waals surface area contributed by atoms with Gasteiger partial charge in [0, 0.05) is 5.92 Å². The van der Waals surface area contributed by atoms with Crippen molar-refractivity contribution in [3.05, 3.63) is 35.8 Å². The predicted molar refractivity (Wildman–Crippen MR) is 57.7 cm³/mol. The third-order valence-corrected chi connectivity index (χ3v) is 2.78. The summed E-state index contributed by atoms with van der Waals surface area (Å²) < 4.78 is 15.1. The molecule has 2 N–H and O–H groups in total. The number of para-hydroxylation sites is 1. The maximum Gasteiger partial charge on any atom is 0.169 e. The Labute approximate surface area is 91.9 Å². The van der Waals surface area contributed by atoms with Gasteiger partial charge in [0.05, 0.1) is 5.69 Å². The van der Waals surface area contributed by atoms with Crippen LogP contribution in [0.1, 0.15) is 24.5 Å². The van der Waals surface area contributed by atoms with Gasteiger partial charge in [-0.2, -0.15) is 0 Å². The fraction of sp³-hybridized carbons (Fsp3) is 0.273. The Kier molecular flexibility index (Phi) is 1.92. The summed E-state index contributed by atoms with van der Waals surface area (Å²) in [7, 11) is 0. The smallest absolute Gasteiger partial charge is 0.169 e. The zero-order valence-electron chi connectivity index (χ0n) is 8.60. The molecule has 5 heteroatoms. The molecule has 1 saturated carbocycles. The molecule has 4 nitrogen and oxygen atoms in total. The second kappa shape index (κ2) is 3.30. The highest BCUT2D eigenvalue weighted by Crippen LogP contribution is 2.42. The average Bonchev–Trinajstić information content (AvgIpc) is 3.04. The number of halogens is 1. The number of rotatable bonds is 2. The van der Waals surface area contributed by atoms with Crippen LogP contribution in [0, 0.1) is 5.82 Å². The first-order chi connectivity index (χ1) is 7.77. The van der Waals surface area contributed by atoms with Gasteiger partial charge in [0.15, 0.2) is 5.82 Å². The molecule has 0 spiro atoms. The number of anilines is 1. The van der Waals surface area contributed by atoms with Crippen molar-refractivity contribution < 1.29 is 4.39 Å². The van der Waals surface area contributed by atoms with Gasteiger partial charge >= 0.3 is 0 Å². The van der Waals surface area contributed by atoms with Gasteiger partial charge in [0.2, 0.25) is 0 Å². The van der Waals surface area contributed by atoms with E-state index in [4.69, 9.17) is 5.73 Å². The summed E-state index contributed by atoms with van der Waals surface area (Å²) in [5.74, 6) is 0.481. The second-order valence-electron chi connectivity index (χ2n) is 4.00. The fourth-order valence-corrected chi connectivity index (χ4v) is 1.84. The van der Waals surface area contributed by atoms with E-state index in [1.807, 2.05) is 0 Å². The molecular weight excluding hydrogens is 207 g/mol. The molecule has 3 rings (SSSR count). The molecule has 0 atom stereocenters. The summed E-state index contributed by atoms with van der Waals surface area (Å²) in [6, 6.07) is 6.50. The molecule has 0 saturated heterocycles. The molecule has 16 heavy (non-hydrogen) atoms. The Morgan fingerprint density at radius 1 is 1.31 bits per heavy atom. The molecular formula is C11H11FN4. The number of nitrogens with two attached hydrogens (primary N) is 1. The Hall–Kier alpha value is -1.91. The molecule has 0 amide bonds. The first-order valence-electron chi connectivity index (χ1n) is 5.23. The third-order valence-electron chi connectivity index (χ3n) is 2.78. The SMILES string of the molecule is Nc1nnn(-c2ccccc2F)c1C1CC1. The van der Waals surface area contributed by atoms with Gasteiger partial charge in [0.25, 0.3) is 0 Å². The molecule has 1 aromatic heterocycles. The van der Waals surface area contributed by atoms with E-state index in [1.165, 1.54) is 10.7 Å². The Morgan fingerprint density at radius 2 is 2.06 bits per heavy atom. The van der Waals surface area contributed by atoms with Crippen molar-refractivity contribution >= 4 is 5.82 Å².